The molecule has 0 atom stereocenters. The first kappa shape index (κ1) is 16.7. The number of nitrogens with zero attached hydrogens (tertiary/aromatic N) is 8. The lowest BCUT2D eigenvalue weighted by atomic mass is 10.1. The standard InChI is InChI=1S/C17H19N11/c1-5-28(17-14-16(22-9-21-14)23-10-24-17)6-2-11(1)20-8-13-25-15(27-26-13)12-7-18-3-4-19-12/h3-4,7,9-11,20H,1-2,5-6,8H2,(H,25,26,27)(H,21,22,23,24). The molecule has 0 amide bonds. The zero-order chi connectivity index (χ0) is 18.8. The number of rotatable bonds is 5. The first-order chi connectivity index (χ1) is 13.9. The highest BCUT2D eigenvalue weighted by atomic mass is 15.2. The number of nitrogens with one attached hydrogen (secondary N) is 3. The van der Waals surface area contributed by atoms with Crippen LogP contribution in [0.4, 0.5) is 5.82 Å². The fourth-order valence-corrected chi connectivity index (χ4v) is 3.43. The molecule has 3 N–H and O–H groups in total. The normalized spacial score (nSPS) is 15.4. The van der Waals surface area contributed by atoms with Gasteiger partial charge in [-0.3, -0.25) is 10.1 Å². The van der Waals surface area contributed by atoms with Crippen molar-refractivity contribution in [3.8, 4) is 11.5 Å². The molecular weight excluding hydrogens is 358 g/mol. The number of hydrogen-bond acceptors (Lipinski definition) is 9. The van der Waals surface area contributed by atoms with Crippen LogP contribution in [0.2, 0.25) is 0 Å². The van der Waals surface area contributed by atoms with Crippen LogP contribution in [0, 0.1) is 0 Å². The van der Waals surface area contributed by atoms with Gasteiger partial charge < -0.3 is 15.2 Å². The summed E-state index contributed by atoms with van der Waals surface area (Å²) in [4.78, 5) is 31.0. The van der Waals surface area contributed by atoms with Crippen molar-refractivity contribution in [2.24, 2.45) is 0 Å². The van der Waals surface area contributed by atoms with E-state index in [-0.39, 0.29) is 0 Å². The zero-order valence-electron chi connectivity index (χ0n) is 15.1. The molecule has 1 saturated heterocycles. The van der Waals surface area contributed by atoms with Gasteiger partial charge in [-0.1, -0.05) is 0 Å². The molecule has 4 aromatic rings. The molecule has 1 aliphatic heterocycles. The number of piperidine rings is 1. The Labute approximate surface area is 160 Å². The molecule has 28 heavy (non-hydrogen) atoms. The summed E-state index contributed by atoms with van der Waals surface area (Å²) in [5.41, 5.74) is 2.26. The lowest BCUT2D eigenvalue weighted by molar-refractivity contribution is 0.409. The van der Waals surface area contributed by atoms with E-state index in [1.165, 1.54) is 0 Å². The lowest BCUT2D eigenvalue weighted by Crippen LogP contribution is -2.42. The molecule has 0 aromatic carbocycles. The molecule has 0 aliphatic carbocycles. The Kier molecular flexibility index (Phi) is 4.33. The highest BCUT2D eigenvalue weighted by molar-refractivity contribution is 5.82. The van der Waals surface area contributed by atoms with E-state index in [1.54, 1.807) is 31.2 Å². The van der Waals surface area contributed by atoms with E-state index in [0.29, 0.717) is 29.8 Å². The topological polar surface area (TPSA) is 137 Å². The van der Waals surface area contributed by atoms with Crippen molar-refractivity contribution in [2.45, 2.75) is 25.4 Å². The average Bonchev–Trinajstić information content (AvgIpc) is 3.43. The van der Waals surface area contributed by atoms with Crippen molar-refractivity contribution in [3.05, 3.63) is 37.1 Å². The number of anilines is 1. The molecule has 11 heteroatoms. The van der Waals surface area contributed by atoms with Crippen LogP contribution in [0.3, 0.4) is 0 Å². The van der Waals surface area contributed by atoms with Gasteiger partial charge in [0.1, 0.15) is 23.4 Å². The largest absolute Gasteiger partial charge is 0.355 e. The molecule has 0 unspecified atom stereocenters. The van der Waals surface area contributed by atoms with Crippen LogP contribution in [0.1, 0.15) is 18.7 Å². The minimum absolute atomic E-state index is 0.417. The summed E-state index contributed by atoms with van der Waals surface area (Å²) < 4.78 is 0. The lowest BCUT2D eigenvalue weighted by Gasteiger charge is -2.33. The Morgan fingerprint density at radius 1 is 1.11 bits per heavy atom. The Morgan fingerprint density at radius 3 is 2.89 bits per heavy atom. The van der Waals surface area contributed by atoms with E-state index in [4.69, 9.17) is 0 Å². The summed E-state index contributed by atoms with van der Waals surface area (Å²) in [7, 11) is 0. The summed E-state index contributed by atoms with van der Waals surface area (Å²) in [6.45, 7) is 2.48. The third-order valence-corrected chi connectivity index (χ3v) is 4.88. The first-order valence-corrected chi connectivity index (χ1v) is 9.17. The maximum Gasteiger partial charge on any atom is 0.201 e. The third kappa shape index (κ3) is 3.27. The van der Waals surface area contributed by atoms with Gasteiger partial charge in [-0.15, -0.1) is 0 Å². The number of imidazole rings is 1. The van der Waals surface area contributed by atoms with Crippen molar-refractivity contribution in [3.63, 3.8) is 0 Å². The van der Waals surface area contributed by atoms with Gasteiger partial charge in [-0.05, 0) is 12.8 Å². The van der Waals surface area contributed by atoms with Gasteiger partial charge in [0.25, 0.3) is 0 Å². The van der Waals surface area contributed by atoms with E-state index in [9.17, 15) is 0 Å². The Balaban J connectivity index is 1.17. The second kappa shape index (κ2) is 7.27. The number of fused-ring (bicyclic) bond motifs is 1. The van der Waals surface area contributed by atoms with Crippen molar-refractivity contribution in [1.82, 2.24) is 50.4 Å². The van der Waals surface area contributed by atoms with E-state index >= 15 is 0 Å². The fourth-order valence-electron chi connectivity index (χ4n) is 3.43. The summed E-state index contributed by atoms with van der Waals surface area (Å²) in [5.74, 6) is 2.27. The van der Waals surface area contributed by atoms with E-state index in [2.05, 4.69) is 55.3 Å². The predicted octanol–water partition coefficient (Wildman–Crippen LogP) is 0.687. The third-order valence-electron chi connectivity index (χ3n) is 4.88. The fraction of sp³-hybridized carbons (Fsp3) is 0.353. The SMILES string of the molecule is c1cnc(-c2n[nH]c(CNC3CCN(c4ncnc5nc[nH]c45)CC3)n2)cn1. The summed E-state index contributed by atoms with van der Waals surface area (Å²) in [6, 6.07) is 0.417. The molecule has 1 fully saturated rings. The quantitative estimate of drug-likeness (QED) is 0.458. The van der Waals surface area contributed by atoms with Crippen LogP contribution in [0.5, 0.6) is 0 Å². The molecule has 0 spiro atoms. The summed E-state index contributed by atoms with van der Waals surface area (Å²) >= 11 is 0. The van der Waals surface area contributed by atoms with E-state index in [0.717, 1.165) is 43.1 Å². The zero-order valence-corrected chi connectivity index (χ0v) is 15.1. The Bertz CT molecular complexity index is 1050. The van der Waals surface area contributed by atoms with Gasteiger partial charge >= 0.3 is 0 Å². The van der Waals surface area contributed by atoms with Gasteiger partial charge in [-0.25, -0.2) is 24.9 Å². The van der Waals surface area contributed by atoms with Crippen molar-refractivity contribution in [1.29, 1.82) is 0 Å². The van der Waals surface area contributed by atoms with E-state index in [1.807, 2.05) is 0 Å². The van der Waals surface area contributed by atoms with Crippen molar-refractivity contribution in [2.75, 3.05) is 18.0 Å². The Morgan fingerprint density at radius 2 is 2.04 bits per heavy atom. The van der Waals surface area contributed by atoms with Crippen LogP contribution in [-0.4, -0.2) is 64.2 Å². The van der Waals surface area contributed by atoms with Crippen LogP contribution in [-0.2, 0) is 6.54 Å². The number of hydrogen-bond donors (Lipinski definition) is 3. The second-order valence-corrected chi connectivity index (χ2v) is 6.64. The Hall–Kier alpha value is -3.47. The predicted molar refractivity (Wildman–Crippen MR) is 101 cm³/mol. The smallest absolute Gasteiger partial charge is 0.201 e. The maximum absolute atomic E-state index is 4.49. The highest BCUT2D eigenvalue weighted by Crippen LogP contribution is 2.23. The molecule has 4 aromatic heterocycles. The molecule has 5 rings (SSSR count). The molecule has 142 valence electrons. The molecule has 5 heterocycles. The monoisotopic (exact) mass is 377 g/mol. The van der Waals surface area contributed by atoms with Gasteiger partial charge in [0.05, 0.1) is 19.1 Å². The van der Waals surface area contributed by atoms with Crippen LogP contribution in [0.15, 0.2) is 31.2 Å². The minimum atomic E-state index is 0.417. The summed E-state index contributed by atoms with van der Waals surface area (Å²) in [5, 5.41) is 10.7. The molecule has 0 bridgehead atoms. The molecule has 11 nitrogen and oxygen atoms in total. The molecule has 0 saturated carbocycles. The molecular formula is C17H19N11. The minimum Gasteiger partial charge on any atom is -0.355 e. The second-order valence-electron chi connectivity index (χ2n) is 6.64. The van der Waals surface area contributed by atoms with Crippen LogP contribution in [0.25, 0.3) is 22.7 Å². The van der Waals surface area contributed by atoms with Crippen molar-refractivity contribution >= 4 is 17.0 Å². The van der Waals surface area contributed by atoms with Gasteiger partial charge in [0.2, 0.25) is 5.82 Å². The number of H-pyrrole nitrogens is 2. The summed E-state index contributed by atoms with van der Waals surface area (Å²) in [6.07, 6.45) is 10.2. The van der Waals surface area contributed by atoms with Crippen LogP contribution < -0.4 is 10.2 Å². The van der Waals surface area contributed by atoms with Gasteiger partial charge in [0, 0.05) is 31.5 Å². The first-order valence-electron chi connectivity index (χ1n) is 9.17. The number of aromatic amines is 2. The molecule has 1 aliphatic rings. The van der Waals surface area contributed by atoms with E-state index < -0.39 is 0 Å². The van der Waals surface area contributed by atoms with Gasteiger partial charge in [0.15, 0.2) is 11.5 Å². The maximum atomic E-state index is 4.49. The highest BCUT2D eigenvalue weighted by Gasteiger charge is 2.22. The van der Waals surface area contributed by atoms with Crippen molar-refractivity contribution < 1.29 is 0 Å². The number of aromatic nitrogens is 9. The molecule has 0 radical (unpaired) electrons. The van der Waals surface area contributed by atoms with Gasteiger partial charge in [-0.2, -0.15) is 5.10 Å². The average molecular weight is 377 g/mol. The van der Waals surface area contributed by atoms with Crippen LogP contribution >= 0.6 is 0 Å².